The van der Waals surface area contributed by atoms with Crippen molar-refractivity contribution in [2.24, 2.45) is 0 Å². The first-order valence-corrected chi connectivity index (χ1v) is 4.03. The summed E-state index contributed by atoms with van der Waals surface area (Å²) < 4.78 is 0. The number of rotatable bonds is 2. The topological polar surface area (TPSA) is 56.7 Å². The summed E-state index contributed by atoms with van der Waals surface area (Å²) in [6.45, 7) is 0.688. The minimum atomic E-state index is 0.688. The highest BCUT2D eigenvalue weighted by molar-refractivity contribution is 5.39. The van der Waals surface area contributed by atoms with Crippen LogP contribution in [0.3, 0.4) is 0 Å². The molecule has 0 bridgehead atoms. The number of aromatic nitrogens is 3. The number of anilines is 1. The summed E-state index contributed by atoms with van der Waals surface area (Å²) in [5.74, 6) is 0. The van der Waals surface area contributed by atoms with Gasteiger partial charge in [-0.3, -0.25) is 0 Å². The third-order valence-corrected chi connectivity index (χ3v) is 1.77. The van der Waals surface area contributed by atoms with E-state index in [-0.39, 0.29) is 0 Å². The molecule has 13 heavy (non-hydrogen) atoms. The SMILES string of the molecule is Nc1ccc(Cn2nccn2)cc1. The average Bonchev–Trinajstić information content (AvgIpc) is 2.62. The third kappa shape index (κ3) is 1.84. The predicted octanol–water partition coefficient (Wildman–Crippen LogP) is 0.909. The molecule has 1 aromatic heterocycles. The molecule has 1 aromatic carbocycles. The Balaban J connectivity index is 2.15. The van der Waals surface area contributed by atoms with Gasteiger partial charge in [0.15, 0.2) is 0 Å². The van der Waals surface area contributed by atoms with E-state index in [0.717, 1.165) is 11.3 Å². The lowest BCUT2D eigenvalue weighted by atomic mass is 10.2. The molecule has 0 atom stereocenters. The van der Waals surface area contributed by atoms with Crippen molar-refractivity contribution < 1.29 is 0 Å². The zero-order chi connectivity index (χ0) is 9.10. The van der Waals surface area contributed by atoms with Crippen molar-refractivity contribution in [3.05, 3.63) is 42.2 Å². The number of nitrogen functional groups attached to an aromatic ring is 1. The van der Waals surface area contributed by atoms with Gasteiger partial charge in [-0.05, 0) is 17.7 Å². The lowest BCUT2D eigenvalue weighted by molar-refractivity contribution is 0.591. The van der Waals surface area contributed by atoms with Crippen LogP contribution in [0.2, 0.25) is 0 Å². The minimum absolute atomic E-state index is 0.688. The van der Waals surface area contributed by atoms with Gasteiger partial charge in [-0.15, -0.1) is 0 Å². The number of hydrogen-bond donors (Lipinski definition) is 1. The standard InChI is InChI=1S/C9H10N4/c10-9-3-1-8(2-4-9)7-13-11-5-6-12-13/h1-6H,7,10H2. The molecule has 0 radical (unpaired) electrons. The van der Waals surface area contributed by atoms with E-state index in [2.05, 4.69) is 10.2 Å². The van der Waals surface area contributed by atoms with Crippen LogP contribution in [0.4, 0.5) is 5.69 Å². The molecule has 0 aliphatic rings. The van der Waals surface area contributed by atoms with Crippen LogP contribution in [0.15, 0.2) is 36.7 Å². The first kappa shape index (κ1) is 7.79. The molecule has 1 heterocycles. The Morgan fingerprint density at radius 3 is 2.31 bits per heavy atom. The highest BCUT2D eigenvalue weighted by atomic mass is 15.5. The van der Waals surface area contributed by atoms with Gasteiger partial charge in [0, 0.05) is 5.69 Å². The van der Waals surface area contributed by atoms with Crippen molar-refractivity contribution >= 4 is 5.69 Å². The molecular formula is C9H10N4. The smallest absolute Gasteiger partial charge is 0.0857 e. The van der Waals surface area contributed by atoms with E-state index in [1.807, 2.05) is 24.3 Å². The Labute approximate surface area is 76.0 Å². The molecule has 66 valence electrons. The molecule has 0 saturated carbocycles. The Morgan fingerprint density at radius 1 is 1.08 bits per heavy atom. The monoisotopic (exact) mass is 174 g/mol. The summed E-state index contributed by atoms with van der Waals surface area (Å²) in [6, 6.07) is 7.69. The molecule has 2 N–H and O–H groups in total. The van der Waals surface area contributed by atoms with Gasteiger partial charge in [0.05, 0.1) is 18.9 Å². The van der Waals surface area contributed by atoms with E-state index in [4.69, 9.17) is 5.73 Å². The van der Waals surface area contributed by atoms with Gasteiger partial charge < -0.3 is 5.73 Å². The third-order valence-electron chi connectivity index (χ3n) is 1.77. The molecule has 0 saturated heterocycles. The summed E-state index contributed by atoms with van der Waals surface area (Å²) >= 11 is 0. The molecule has 0 spiro atoms. The number of nitrogens with two attached hydrogens (primary N) is 1. The van der Waals surface area contributed by atoms with Crippen LogP contribution in [-0.2, 0) is 6.54 Å². The summed E-state index contributed by atoms with van der Waals surface area (Å²) in [5.41, 5.74) is 7.48. The minimum Gasteiger partial charge on any atom is -0.399 e. The fourth-order valence-electron chi connectivity index (χ4n) is 1.11. The van der Waals surface area contributed by atoms with E-state index >= 15 is 0 Å². The summed E-state index contributed by atoms with van der Waals surface area (Å²) in [5, 5.41) is 8.02. The summed E-state index contributed by atoms with van der Waals surface area (Å²) in [6.07, 6.45) is 3.33. The van der Waals surface area contributed by atoms with Crippen molar-refractivity contribution in [1.82, 2.24) is 15.0 Å². The lowest BCUT2D eigenvalue weighted by Gasteiger charge is -2.00. The maximum atomic E-state index is 5.56. The van der Waals surface area contributed by atoms with Crippen molar-refractivity contribution in [3.63, 3.8) is 0 Å². The van der Waals surface area contributed by atoms with E-state index in [9.17, 15) is 0 Å². The second-order valence-electron chi connectivity index (χ2n) is 2.80. The van der Waals surface area contributed by atoms with Crippen molar-refractivity contribution in [2.75, 3.05) is 5.73 Å². The van der Waals surface area contributed by atoms with Gasteiger partial charge in [0.2, 0.25) is 0 Å². The molecule has 0 fully saturated rings. The van der Waals surface area contributed by atoms with Gasteiger partial charge >= 0.3 is 0 Å². The molecule has 0 unspecified atom stereocenters. The van der Waals surface area contributed by atoms with Crippen LogP contribution in [-0.4, -0.2) is 15.0 Å². The molecule has 4 heteroatoms. The zero-order valence-electron chi connectivity index (χ0n) is 7.09. The summed E-state index contributed by atoms with van der Waals surface area (Å²) in [4.78, 5) is 1.63. The number of nitrogens with zero attached hydrogens (tertiary/aromatic N) is 3. The van der Waals surface area contributed by atoms with Gasteiger partial charge in [0.25, 0.3) is 0 Å². The second kappa shape index (κ2) is 3.26. The Morgan fingerprint density at radius 2 is 1.69 bits per heavy atom. The van der Waals surface area contributed by atoms with Crippen molar-refractivity contribution in [1.29, 1.82) is 0 Å². The molecule has 2 aromatic rings. The van der Waals surface area contributed by atoms with Crippen LogP contribution in [0.1, 0.15) is 5.56 Å². The first-order valence-electron chi connectivity index (χ1n) is 4.03. The fourth-order valence-corrected chi connectivity index (χ4v) is 1.11. The zero-order valence-corrected chi connectivity index (χ0v) is 7.09. The Bertz CT molecular complexity index is 363. The normalized spacial score (nSPS) is 10.2. The van der Waals surface area contributed by atoms with E-state index in [1.165, 1.54) is 0 Å². The Hall–Kier alpha value is -1.84. The van der Waals surface area contributed by atoms with Crippen molar-refractivity contribution in [2.45, 2.75) is 6.54 Å². The van der Waals surface area contributed by atoms with Crippen LogP contribution >= 0.6 is 0 Å². The molecular weight excluding hydrogens is 164 g/mol. The molecule has 0 amide bonds. The predicted molar refractivity (Wildman–Crippen MR) is 50.0 cm³/mol. The highest BCUT2D eigenvalue weighted by Gasteiger charge is 1.94. The van der Waals surface area contributed by atoms with Crippen LogP contribution in [0, 0.1) is 0 Å². The number of hydrogen-bond acceptors (Lipinski definition) is 3. The van der Waals surface area contributed by atoms with Crippen LogP contribution in [0.25, 0.3) is 0 Å². The van der Waals surface area contributed by atoms with Crippen LogP contribution < -0.4 is 5.73 Å². The van der Waals surface area contributed by atoms with Gasteiger partial charge in [-0.2, -0.15) is 15.0 Å². The van der Waals surface area contributed by atoms with Gasteiger partial charge in [-0.25, -0.2) is 0 Å². The maximum absolute atomic E-state index is 5.56. The average molecular weight is 174 g/mol. The quantitative estimate of drug-likeness (QED) is 0.688. The highest BCUT2D eigenvalue weighted by Crippen LogP contribution is 2.05. The second-order valence-corrected chi connectivity index (χ2v) is 2.80. The van der Waals surface area contributed by atoms with Gasteiger partial charge in [0.1, 0.15) is 0 Å². The van der Waals surface area contributed by atoms with Gasteiger partial charge in [-0.1, -0.05) is 12.1 Å². The molecule has 0 aliphatic heterocycles. The van der Waals surface area contributed by atoms with Crippen LogP contribution in [0.5, 0.6) is 0 Å². The van der Waals surface area contributed by atoms with E-state index < -0.39 is 0 Å². The maximum Gasteiger partial charge on any atom is 0.0857 e. The van der Waals surface area contributed by atoms with E-state index in [1.54, 1.807) is 17.2 Å². The molecule has 4 nitrogen and oxygen atoms in total. The lowest BCUT2D eigenvalue weighted by Crippen LogP contribution is -2.03. The number of benzene rings is 1. The fraction of sp³-hybridized carbons (Fsp3) is 0.111. The summed E-state index contributed by atoms with van der Waals surface area (Å²) in [7, 11) is 0. The molecule has 0 aliphatic carbocycles. The Kier molecular flexibility index (Phi) is 1.96. The first-order chi connectivity index (χ1) is 6.34. The van der Waals surface area contributed by atoms with E-state index in [0.29, 0.717) is 6.54 Å². The molecule has 2 rings (SSSR count). The van der Waals surface area contributed by atoms with Crippen molar-refractivity contribution in [3.8, 4) is 0 Å². The largest absolute Gasteiger partial charge is 0.399 e.